The number of rotatable bonds is 15. The van der Waals surface area contributed by atoms with E-state index in [0.29, 0.717) is 0 Å². The first-order valence-electron chi connectivity index (χ1n) is 9.74. The molecule has 0 saturated carbocycles. The standard InChI is InChI=1S/C19H38O2S/c1-2-3-4-5-6-7-8-9-10-11-12-13-14-15-19-20-16-18(17-22)21-19/h18-19,22H,2-17H2,1H3. The molecule has 0 N–H and O–H groups in total. The molecule has 2 atom stereocenters. The van der Waals surface area contributed by atoms with Gasteiger partial charge < -0.3 is 9.47 Å². The van der Waals surface area contributed by atoms with Gasteiger partial charge in [-0.3, -0.25) is 0 Å². The zero-order chi connectivity index (χ0) is 15.9. The summed E-state index contributed by atoms with van der Waals surface area (Å²) >= 11 is 4.24. The number of hydrogen-bond acceptors (Lipinski definition) is 3. The van der Waals surface area contributed by atoms with Crippen LogP contribution in [0.3, 0.4) is 0 Å². The van der Waals surface area contributed by atoms with Gasteiger partial charge in [0, 0.05) is 5.75 Å². The molecule has 0 aromatic carbocycles. The summed E-state index contributed by atoms with van der Waals surface area (Å²) in [5, 5.41) is 0. The van der Waals surface area contributed by atoms with Crippen molar-refractivity contribution in [3.8, 4) is 0 Å². The molecule has 0 radical (unpaired) electrons. The number of thiol groups is 1. The Kier molecular flexibility index (Phi) is 13.7. The highest BCUT2D eigenvalue weighted by molar-refractivity contribution is 7.80. The zero-order valence-electron chi connectivity index (χ0n) is 14.7. The lowest BCUT2D eigenvalue weighted by Gasteiger charge is -2.09. The van der Waals surface area contributed by atoms with Gasteiger partial charge in [0.15, 0.2) is 6.29 Å². The number of ether oxygens (including phenoxy) is 2. The topological polar surface area (TPSA) is 18.5 Å². The van der Waals surface area contributed by atoms with Gasteiger partial charge in [-0.25, -0.2) is 0 Å². The molecular formula is C19H38O2S. The van der Waals surface area contributed by atoms with Crippen molar-refractivity contribution < 1.29 is 9.47 Å². The zero-order valence-corrected chi connectivity index (χ0v) is 15.6. The van der Waals surface area contributed by atoms with Crippen LogP contribution in [-0.2, 0) is 9.47 Å². The van der Waals surface area contributed by atoms with Crippen LogP contribution in [0.4, 0.5) is 0 Å². The van der Waals surface area contributed by atoms with E-state index in [4.69, 9.17) is 9.47 Å². The molecule has 2 unspecified atom stereocenters. The Morgan fingerprint density at radius 2 is 1.27 bits per heavy atom. The Labute approximate surface area is 144 Å². The van der Waals surface area contributed by atoms with Crippen molar-refractivity contribution in [2.45, 2.75) is 109 Å². The summed E-state index contributed by atoms with van der Waals surface area (Å²) in [5.74, 6) is 0.773. The molecule has 132 valence electrons. The highest BCUT2D eigenvalue weighted by atomic mass is 32.1. The molecule has 3 heteroatoms. The fraction of sp³-hybridized carbons (Fsp3) is 1.00. The summed E-state index contributed by atoms with van der Waals surface area (Å²) in [7, 11) is 0. The van der Waals surface area contributed by atoms with Gasteiger partial charge in [-0.15, -0.1) is 0 Å². The van der Waals surface area contributed by atoms with Gasteiger partial charge in [-0.1, -0.05) is 84.0 Å². The summed E-state index contributed by atoms with van der Waals surface area (Å²) < 4.78 is 11.3. The maximum atomic E-state index is 5.72. The molecule has 22 heavy (non-hydrogen) atoms. The van der Waals surface area contributed by atoms with Gasteiger partial charge in [-0.2, -0.15) is 12.6 Å². The molecule has 0 amide bonds. The quantitative estimate of drug-likeness (QED) is 0.287. The summed E-state index contributed by atoms with van der Waals surface area (Å²) in [4.78, 5) is 0. The Morgan fingerprint density at radius 1 is 0.773 bits per heavy atom. The summed E-state index contributed by atoms with van der Waals surface area (Å²) in [6.45, 7) is 3.01. The van der Waals surface area contributed by atoms with Gasteiger partial charge in [0.05, 0.1) is 12.7 Å². The second-order valence-electron chi connectivity index (χ2n) is 6.73. The van der Waals surface area contributed by atoms with Crippen LogP contribution in [-0.4, -0.2) is 24.8 Å². The highest BCUT2D eigenvalue weighted by Gasteiger charge is 2.23. The van der Waals surface area contributed by atoms with Gasteiger partial charge in [0.2, 0.25) is 0 Å². The lowest BCUT2D eigenvalue weighted by Crippen LogP contribution is -2.13. The average Bonchev–Trinajstić information content (AvgIpc) is 3.00. The van der Waals surface area contributed by atoms with Crippen LogP contribution >= 0.6 is 12.6 Å². The maximum Gasteiger partial charge on any atom is 0.158 e. The largest absolute Gasteiger partial charge is 0.350 e. The molecule has 1 saturated heterocycles. The van der Waals surface area contributed by atoms with Gasteiger partial charge in [-0.05, 0) is 12.8 Å². The molecule has 2 nitrogen and oxygen atoms in total. The Morgan fingerprint density at radius 3 is 1.73 bits per heavy atom. The van der Waals surface area contributed by atoms with E-state index in [9.17, 15) is 0 Å². The molecule has 0 aliphatic carbocycles. The Hall–Kier alpha value is 0.270. The minimum absolute atomic E-state index is 0.0462. The first kappa shape index (κ1) is 20.3. The third kappa shape index (κ3) is 10.9. The van der Waals surface area contributed by atoms with Crippen molar-refractivity contribution in [2.75, 3.05) is 12.4 Å². The third-order valence-corrected chi connectivity index (χ3v) is 4.97. The van der Waals surface area contributed by atoms with Crippen molar-refractivity contribution in [3.05, 3.63) is 0 Å². The molecule has 1 heterocycles. The van der Waals surface area contributed by atoms with E-state index in [0.717, 1.165) is 18.8 Å². The minimum Gasteiger partial charge on any atom is -0.350 e. The van der Waals surface area contributed by atoms with Crippen molar-refractivity contribution in [3.63, 3.8) is 0 Å². The Bertz CT molecular complexity index is 235. The third-order valence-electron chi connectivity index (χ3n) is 4.56. The lowest BCUT2D eigenvalue weighted by molar-refractivity contribution is -0.0597. The molecule has 1 aliphatic rings. The predicted molar refractivity (Wildman–Crippen MR) is 98.8 cm³/mol. The molecule has 0 bridgehead atoms. The van der Waals surface area contributed by atoms with E-state index in [2.05, 4.69) is 19.6 Å². The van der Waals surface area contributed by atoms with E-state index in [1.807, 2.05) is 0 Å². The van der Waals surface area contributed by atoms with E-state index in [1.165, 1.54) is 83.5 Å². The monoisotopic (exact) mass is 330 g/mol. The second kappa shape index (κ2) is 14.8. The van der Waals surface area contributed by atoms with Crippen LogP contribution in [0.5, 0.6) is 0 Å². The van der Waals surface area contributed by atoms with Crippen molar-refractivity contribution >= 4 is 12.6 Å². The normalized spacial score (nSPS) is 21.5. The fourth-order valence-corrected chi connectivity index (χ4v) is 3.28. The summed E-state index contributed by atoms with van der Waals surface area (Å²) in [6.07, 6.45) is 19.5. The lowest BCUT2D eigenvalue weighted by atomic mass is 10.0. The number of hydrogen-bond donors (Lipinski definition) is 1. The molecule has 1 rings (SSSR count). The second-order valence-corrected chi connectivity index (χ2v) is 7.10. The van der Waals surface area contributed by atoms with Crippen LogP contribution in [0.2, 0.25) is 0 Å². The van der Waals surface area contributed by atoms with Crippen molar-refractivity contribution in [1.29, 1.82) is 0 Å². The van der Waals surface area contributed by atoms with Crippen LogP contribution < -0.4 is 0 Å². The highest BCUT2D eigenvalue weighted by Crippen LogP contribution is 2.19. The predicted octanol–water partition coefficient (Wildman–Crippen LogP) is 6.14. The molecular weight excluding hydrogens is 292 g/mol. The van der Waals surface area contributed by atoms with Crippen molar-refractivity contribution in [2.24, 2.45) is 0 Å². The fourth-order valence-electron chi connectivity index (χ4n) is 3.08. The van der Waals surface area contributed by atoms with Gasteiger partial charge in [0.25, 0.3) is 0 Å². The van der Waals surface area contributed by atoms with Crippen LogP contribution in [0, 0.1) is 0 Å². The molecule has 0 aromatic rings. The first-order chi connectivity index (χ1) is 10.9. The number of unbranched alkanes of at least 4 members (excludes halogenated alkanes) is 12. The van der Waals surface area contributed by atoms with Gasteiger partial charge >= 0.3 is 0 Å². The van der Waals surface area contributed by atoms with E-state index < -0.39 is 0 Å². The summed E-state index contributed by atoms with van der Waals surface area (Å²) in [5.41, 5.74) is 0. The minimum atomic E-state index is 0.0462. The molecule has 0 spiro atoms. The molecule has 1 fully saturated rings. The van der Waals surface area contributed by atoms with E-state index >= 15 is 0 Å². The van der Waals surface area contributed by atoms with Crippen molar-refractivity contribution in [1.82, 2.24) is 0 Å². The smallest absolute Gasteiger partial charge is 0.158 e. The van der Waals surface area contributed by atoms with Crippen LogP contribution in [0.1, 0.15) is 96.8 Å². The Balaban J connectivity index is 1.72. The summed E-state index contributed by atoms with van der Waals surface area (Å²) in [6, 6.07) is 0. The first-order valence-corrected chi connectivity index (χ1v) is 10.4. The average molecular weight is 331 g/mol. The molecule has 1 aliphatic heterocycles. The van der Waals surface area contributed by atoms with Crippen LogP contribution in [0.25, 0.3) is 0 Å². The van der Waals surface area contributed by atoms with E-state index in [1.54, 1.807) is 0 Å². The van der Waals surface area contributed by atoms with E-state index in [-0.39, 0.29) is 12.4 Å². The van der Waals surface area contributed by atoms with Crippen LogP contribution in [0.15, 0.2) is 0 Å². The SMILES string of the molecule is CCCCCCCCCCCCCCCC1OCC(CS)O1. The molecule has 0 aromatic heterocycles. The maximum absolute atomic E-state index is 5.72. The van der Waals surface area contributed by atoms with Gasteiger partial charge in [0.1, 0.15) is 0 Å².